The number of nitrogens with zero attached hydrogens (tertiary/aromatic N) is 6. The zero-order valence-corrected chi connectivity index (χ0v) is 24.0. The van der Waals surface area contributed by atoms with E-state index in [-0.39, 0.29) is 22.8 Å². The Balaban J connectivity index is 1.61. The summed E-state index contributed by atoms with van der Waals surface area (Å²) in [5.74, 6) is 6.67. The highest BCUT2D eigenvalue weighted by Gasteiger charge is 2.21. The van der Waals surface area contributed by atoms with Crippen LogP contribution in [0.4, 0.5) is 11.6 Å². The Bertz CT molecular complexity index is 2020. The van der Waals surface area contributed by atoms with Crippen molar-refractivity contribution in [2.24, 2.45) is 0 Å². The number of aromatic nitrogens is 6. The van der Waals surface area contributed by atoms with E-state index in [9.17, 15) is 13.2 Å². The molecule has 0 aliphatic carbocycles. The predicted octanol–water partition coefficient (Wildman–Crippen LogP) is 2.82. The molecule has 0 bridgehead atoms. The third-order valence-corrected chi connectivity index (χ3v) is 7.06. The molecule has 0 radical (unpaired) electrons. The van der Waals surface area contributed by atoms with E-state index in [1.54, 1.807) is 48.7 Å². The Morgan fingerprint density at radius 3 is 2.67 bits per heavy atom. The van der Waals surface area contributed by atoms with Gasteiger partial charge in [-0.25, -0.2) is 33.1 Å². The smallest absolute Gasteiger partial charge is 0.267 e. The SMILES string of the molecule is CC(Nc1ncnc(N)c1C#Cc1cnccn1)c1nc2cccc(Cl)c2c(=O)n1-c1cccc(CNS(C)(=O)=O)c1. The summed E-state index contributed by atoms with van der Waals surface area (Å²) in [6.07, 6.45) is 6.97. The van der Waals surface area contributed by atoms with Gasteiger partial charge in [0, 0.05) is 18.9 Å². The molecule has 14 heteroatoms. The van der Waals surface area contributed by atoms with Gasteiger partial charge in [0.15, 0.2) is 0 Å². The average molecular weight is 602 g/mol. The fourth-order valence-corrected chi connectivity index (χ4v) is 4.84. The van der Waals surface area contributed by atoms with E-state index in [1.807, 2.05) is 6.92 Å². The van der Waals surface area contributed by atoms with E-state index in [4.69, 9.17) is 22.3 Å². The maximum Gasteiger partial charge on any atom is 0.267 e. The zero-order chi connectivity index (χ0) is 29.9. The van der Waals surface area contributed by atoms with Crippen LogP contribution in [0, 0.1) is 11.8 Å². The van der Waals surface area contributed by atoms with Gasteiger partial charge in [0.05, 0.1) is 40.1 Å². The van der Waals surface area contributed by atoms with Crippen LogP contribution in [0.15, 0.2) is 72.2 Å². The van der Waals surface area contributed by atoms with Crippen molar-refractivity contribution in [1.29, 1.82) is 0 Å². The number of rotatable bonds is 7. The molecule has 0 amide bonds. The average Bonchev–Trinajstić information content (AvgIpc) is 2.96. The van der Waals surface area contributed by atoms with Gasteiger partial charge in [-0.05, 0) is 42.7 Å². The van der Waals surface area contributed by atoms with E-state index in [0.717, 1.165) is 6.26 Å². The van der Waals surface area contributed by atoms with Crippen molar-refractivity contribution in [1.82, 2.24) is 34.2 Å². The summed E-state index contributed by atoms with van der Waals surface area (Å²) in [6.45, 7) is 1.85. The number of nitrogens with one attached hydrogen (secondary N) is 2. The highest BCUT2D eigenvalue weighted by molar-refractivity contribution is 7.88. The van der Waals surface area contributed by atoms with Crippen LogP contribution in [0.5, 0.6) is 0 Å². The number of anilines is 2. The van der Waals surface area contributed by atoms with Crippen molar-refractivity contribution in [3.8, 4) is 17.5 Å². The van der Waals surface area contributed by atoms with Crippen molar-refractivity contribution < 1.29 is 8.42 Å². The Morgan fingerprint density at radius 2 is 1.90 bits per heavy atom. The van der Waals surface area contributed by atoms with Gasteiger partial charge in [-0.3, -0.25) is 14.3 Å². The quantitative estimate of drug-likeness (QED) is 0.236. The monoisotopic (exact) mass is 601 g/mol. The second kappa shape index (κ2) is 11.9. The molecule has 0 saturated carbocycles. The Kier molecular flexibility index (Phi) is 8.12. The predicted molar refractivity (Wildman–Crippen MR) is 161 cm³/mol. The van der Waals surface area contributed by atoms with Crippen LogP contribution < -0.4 is 21.3 Å². The molecular formula is C28H24ClN9O3S. The van der Waals surface area contributed by atoms with Crippen molar-refractivity contribution in [3.63, 3.8) is 0 Å². The maximum absolute atomic E-state index is 14.0. The van der Waals surface area contributed by atoms with Gasteiger partial charge >= 0.3 is 0 Å². The molecule has 0 fully saturated rings. The second-order valence-electron chi connectivity index (χ2n) is 9.20. The number of fused-ring (bicyclic) bond motifs is 1. The molecule has 4 N–H and O–H groups in total. The molecule has 3 aromatic heterocycles. The summed E-state index contributed by atoms with van der Waals surface area (Å²) in [4.78, 5) is 35.3. The van der Waals surface area contributed by atoms with Gasteiger partial charge in [-0.15, -0.1) is 0 Å². The molecular weight excluding hydrogens is 578 g/mol. The van der Waals surface area contributed by atoms with E-state index >= 15 is 0 Å². The Morgan fingerprint density at radius 1 is 1.10 bits per heavy atom. The molecule has 1 atom stereocenters. The van der Waals surface area contributed by atoms with Gasteiger partial charge in [0.2, 0.25) is 10.0 Å². The van der Waals surface area contributed by atoms with E-state index < -0.39 is 21.6 Å². The third kappa shape index (κ3) is 6.36. The number of sulfonamides is 1. The number of halogens is 1. The molecule has 1 unspecified atom stereocenters. The zero-order valence-electron chi connectivity index (χ0n) is 22.4. The lowest BCUT2D eigenvalue weighted by Crippen LogP contribution is -2.28. The van der Waals surface area contributed by atoms with Crippen molar-refractivity contribution in [2.75, 3.05) is 17.3 Å². The van der Waals surface area contributed by atoms with Gasteiger partial charge in [0.1, 0.15) is 35.0 Å². The van der Waals surface area contributed by atoms with Gasteiger partial charge < -0.3 is 11.1 Å². The van der Waals surface area contributed by atoms with Crippen LogP contribution in [0.25, 0.3) is 16.6 Å². The molecule has 5 aromatic rings. The maximum atomic E-state index is 14.0. The van der Waals surface area contributed by atoms with Crippen LogP contribution in [-0.4, -0.2) is 44.2 Å². The van der Waals surface area contributed by atoms with Crippen molar-refractivity contribution in [2.45, 2.75) is 19.5 Å². The minimum absolute atomic E-state index is 0.0420. The fraction of sp³-hybridized carbons (Fsp3) is 0.143. The molecule has 2 aromatic carbocycles. The molecule has 0 aliphatic heterocycles. The number of benzene rings is 2. The normalized spacial score (nSPS) is 12.0. The van der Waals surface area contributed by atoms with Crippen LogP contribution in [0.1, 0.15) is 35.6 Å². The van der Waals surface area contributed by atoms with Gasteiger partial charge in [-0.2, -0.15) is 0 Å². The molecule has 212 valence electrons. The minimum atomic E-state index is -3.43. The molecule has 0 aliphatic rings. The largest absolute Gasteiger partial charge is 0.382 e. The minimum Gasteiger partial charge on any atom is -0.382 e. The first-order valence-corrected chi connectivity index (χ1v) is 14.8. The van der Waals surface area contributed by atoms with Gasteiger partial charge in [0.25, 0.3) is 5.56 Å². The second-order valence-corrected chi connectivity index (χ2v) is 11.4. The number of nitrogens with two attached hydrogens (primary N) is 1. The number of hydrogen-bond acceptors (Lipinski definition) is 10. The first-order valence-electron chi connectivity index (χ1n) is 12.5. The van der Waals surface area contributed by atoms with Crippen LogP contribution in [0.2, 0.25) is 5.02 Å². The number of hydrogen-bond donors (Lipinski definition) is 3. The topological polar surface area (TPSA) is 171 Å². The van der Waals surface area contributed by atoms with Crippen LogP contribution in [-0.2, 0) is 16.6 Å². The summed E-state index contributed by atoms with van der Waals surface area (Å²) in [5, 5.41) is 3.77. The molecule has 42 heavy (non-hydrogen) atoms. The number of nitrogen functional groups attached to an aromatic ring is 1. The molecule has 0 saturated heterocycles. The summed E-state index contributed by atoms with van der Waals surface area (Å²) < 4.78 is 27.2. The highest BCUT2D eigenvalue weighted by Crippen LogP contribution is 2.26. The fourth-order valence-electron chi connectivity index (χ4n) is 4.16. The lowest BCUT2D eigenvalue weighted by atomic mass is 10.1. The van der Waals surface area contributed by atoms with Crippen molar-refractivity contribution >= 4 is 44.2 Å². The van der Waals surface area contributed by atoms with Crippen LogP contribution >= 0.6 is 11.6 Å². The van der Waals surface area contributed by atoms with E-state index in [1.165, 1.54) is 23.3 Å². The molecule has 0 spiro atoms. The standard InChI is InChI=1S/C28H24ClN9O3S/c1-17(36-26-21(25(30)33-16-34-26)10-9-19-15-31-11-12-32-19)27-37-23-8-4-7-22(29)24(23)28(39)38(27)20-6-3-5-18(13-20)14-35-42(2,40)41/h3-8,11-13,15-17,35H,14H2,1-2H3,(H3,30,33,34,36). The molecule has 3 heterocycles. The summed E-state index contributed by atoms with van der Waals surface area (Å²) in [7, 11) is -3.43. The third-order valence-electron chi connectivity index (χ3n) is 6.08. The van der Waals surface area contributed by atoms with E-state index in [0.29, 0.717) is 39.7 Å². The summed E-state index contributed by atoms with van der Waals surface area (Å²) in [5.41, 5.74) is 8.04. The highest BCUT2D eigenvalue weighted by atomic mass is 35.5. The lowest BCUT2D eigenvalue weighted by molar-refractivity contribution is 0.587. The lowest BCUT2D eigenvalue weighted by Gasteiger charge is -2.21. The summed E-state index contributed by atoms with van der Waals surface area (Å²) in [6, 6.07) is 11.4. The first kappa shape index (κ1) is 28.6. The Hall–Kier alpha value is -4.90. The summed E-state index contributed by atoms with van der Waals surface area (Å²) >= 11 is 6.44. The van der Waals surface area contributed by atoms with Gasteiger partial charge in [-0.1, -0.05) is 35.7 Å². The van der Waals surface area contributed by atoms with Crippen molar-refractivity contribution in [3.05, 3.63) is 105 Å². The molecule has 5 rings (SSSR count). The molecule has 12 nitrogen and oxygen atoms in total. The van der Waals surface area contributed by atoms with E-state index in [2.05, 4.69) is 41.8 Å². The first-order chi connectivity index (χ1) is 20.1. The Labute approximate surface area is 246 Å². The van der Waals surface area contributed by atoms with Crippen LogP contribution in [0.3, 0.4) is 0 Å².